The molecule has 0 fully saturated rings. The molecule has 0 unspecified atom stereocenters. The summed E-state index contributed by atoms with van der Waals surface area (Å²) in [4.78, 5) is 0. The van der Waals surface area contributed by atoms with Crippen LogP contribution in [0, 0.1) is 0 Å². The first-order valence-electron chi connectivity index (χ1n) is 4.26. The Morgan fingerprint density at radius 3 is 2.67 bits per heavy atom. The molecular formula is C9H8F3N3. The van der Waals surface area contributed by atoms with Gasteiger partial charge in [-0.05, 0) is 11.6 Å². The van der Waals surface area contributed by atoms with Crippen LogP contribution in [0.1, 0.15) is 11.3 Å². The van der Waals surface area contributed by atoms with E-state index in [4.69, 9.17) is 5.73 Å². The van der Waals surface area contributed by atoms with Gasteiger partial charge in [0.15, 0.2) is 0 Å². The first kappa shape index (κ1) is 9.97. The van der Waals surface area contributed by atoms with Crippen molar-refractivity contribution in [3.8, 4) is 0 Å². The van der Waals surface area contributed by atoms with Crippen LogP contribution < -0.4 is 5.73 Å². The highest BCUT2D eigenvalue weighted by atomic mass is 19.4. The van der Waals surface area contributed by atoms with Crippen LogP contribution in [-0.4, -0.2) is 10.2 Å². The van der Waals surface area contributed by atoms with E-state index < -0.39 is 11.9 Å². The molecule has 3 nitrogen and oxygen atoms in total. The number of benzene rings is 1. The molecule has 0 aliphatic carbocycles. The van der Waals surface area contributed by atoms with Crippen molar-refractivity contribution in [2.75, 3.05) is 0 Å². The van der Waals surface area contributed by atoms with Crippen molar-refractivity contribution < 1.29 is 13.2 Å². The van der Waals surface area contributed by atoms with Gasteiger partial charge in [0.2, 0.25) is 0 Å². The summed E-state index contributed by atoms with van der Waals surface area (Å²) in [6, 6.07) is 4.48. The molecule has 15 heavy (non-hydrogen) atoms. The van der Waals surface area contributed by atoms with Crippen molar-refractivity contribution in [3.05, 3.63) is 29.5 Å². The number of halogens is 3. The van der Waals surface area contributed by atoms with Crippen LogP contribution in [0.4, 0.5) is 13.2 Å². The molecule has 0 spiro atoms. The van der Waals surface area contributed by atoms with Gasteiger partial charge in [0.25, 0.3) is 0 Å². The van der Waals surface area contributed by atoms with E-state index in [1.807, 2.05) is 5.10 Å². The summed E-state index contributed by atoms with van der Waals surface area (Å²) in [5.41, 5.74) is 5.59. The van der Waals surface area contributed by atoms with Crippen molar-refractivity contribution >= 4 is 10.9 Å². The Labute approximate surface area is 83.1 Å². The molecule has 1 aromatic carbocycles. The Hall–Kier alpha value is -1.56. The number of H-pyrrole nitrogens is 1. The lowest BCUT2D eigenvalue weighted by Gasteiger charge is -2.03. The molecule has 2 rings (SSSR count). The zero-order chi connectivity index (χ0) is 11.1. The fraction of sp³-hybridized carbons (Fsp3) is 0.222. The van der Waals surface area contributed by atoms with Gasteiger partial charge in [0.05, 0.1) is 5.52 Å². The van der Waals surface area contributed by atoms with Gasteiger partial charge >= 0.3 is 6.18 Å². The molecule has 1 heterocycles. The molecule has 3 N–H and O–H groups in total. The molecule has 1 aromatic heterocycles. The van der Waals surface area contributed by atoms with Gasteiger partial charge in [0.1, 0.15) is 5.69 Å². The third-order valence-electron chi connectivity index (χ3n) is 2.14. The zero-order valence-electron chi connectivity index (χ0n) is 7.60. The number of hydrogen-bond donors (Lipinski definition) is 2. The van der Waals surface area contributed by atoms with Crippen LogP contribution in [0.5, 0.6) is 0 Å². The van der Waals surface area contributed by atoms with E-state index in [0.29, 0.717) is 0 Å². The maximum absolute atomic E-state index is 12.4. The largest absolute Gasteiger partial charge is 0.433 e. The Morgan fingerprint density at radius 2 is 2.07 bits per heavy atom. The van der Waals surface area contributed by atoms with Crippen LogP contribution in [0.25, 0.3) is 10.9 Å². The number of nitrogens with two attached hydrogens (primary N) is 1. The van der Waals surface area contributed by atoms with Gasteiger partial charge in [-0.25, -0.2) is 0 Å². The second kappa shape index (κ2) is 3.23. The molecule has 0 atom stereocenters. The number of hydrogen-bond acceptors (Lipinski definition) is 2. The van der Waals surface area contributed by atoms with Gasteiger partial charge in [0, 0.05) is 11.9 Å². The number of fused-ring (bicyclic) bond motifs is 1. The maximum atomic E-state index is 12.4. The number of nitrogens with zero attached hydrogens (tertiary/aromatic N) is 1. The van der Waals surface area contributed by atoms with E-state index in [9.17, 15) is 13.2 Å². The van der Waals surface area contributed by atoms with Crippen molar-refractivity contribution in [2.45, 2.75) is 12.7 Å². The van der Waals surface area contributed by atoms with E-state index in [2.05, 4.69) is 5.10 Å². The van der Waals surface area contributed by atoms with E-state index in [1.54, 1.807) is 12.1 Å². The lowest BCUT2D eigenvalue weighted by molar-refractivity contribution is -0.139. The van der Waals surface area contributed by atoms with E-state index in [0.717, 1.165) is 5.56 Å². The smallest absolute Gasteiger partial charge is 0.326 e. The van der Waals surface area contributed by atoms with Crippen LogP contribution in [0.3, 0.4) is 0 Å². The summed E-state index contributed by atoms with van der Waals surface area (Å²) in [5, 5.41) is 5.65. The molecule has 0 saturated heterocycles. The monoisotopic (exact) mass is 215 g/mol. The Morgan fingerprint density at radius 1 is 1.33 bits per heavy atom. The van der Waals surface area contributed by atoms with Gasteiger partial charge in [-0.15, -0.1) is 0 Å². The first-order valence-corrected chi connectivity index (χ1v) is 4.26. The molecule has 0 saturated carbocycles. The van der Waals surface area contributed by atoms with Crippen LogP contribution >= 0.6 is 0 Å². The van der Waals surface area contributed by atoms with Crippen molar-refractivity contribution in [3.63, 3.8) is 0 Å². The summed E-state index contributed by atoms with van der Waals surface area (Å²) < 4.78 is 37.3. The summed E-state index contributed by atoms with van der Waals surface area (Å²) in [6.07, 6.45) is -4.40. The average Bonchev–Trinajstić information content (AvgIpc) is 2.59. The summed E-state index contributed by atoms with van der Waals surface area (Å²) in [6.45, 7) is 0.282. The SMILES string of the molecule is NCc1ccc2c(C(F)(F)F)[nH]nc2c1. The fourth-order valence-corrected chi connectivity index (χ4v) is 1.40. The minimum Gasteiger partial charge on any atom is -0.326 e. The molecule has 0 aliphatic rings. The van der Waals surface area contributed by atoms with Crippen LogP contribution in [-0.2, 0) is 12.7 Å². The maximum Gasteiger partial charge on any atom is 0.433 e. The van der Waals surface area contributed by atoms with Crippen molar-refractivity contribution in [1.29, 1.82) is 0 Å². The normalized spacial score (nSPS) is 12.3. The minimum absolute atomic E-state index is 0.0692. The molecule has 2 aromatic rings. The number of nitrogens with one attached hydrogen (secondary N) is 1. The van der Waals surface area contributed by atoms with Gasteiger partial charge in [-0.2, -0.15) is 18.3 Å². The molecule has 0 aliphatic heterocycles. The predicted octanol–water partition coefficient (Wildman–Crippen LogP) is 2.04. The Kier molecular flexibility index (Phi) is 2.15. The van der Waals surface area contributed by atoms with Crippen LogP contribution in [0.2, 0.25) is 0 Å². The third-order valence-corrected chi connectivity index (χ3v) is 2.14. The quantitative estimate of drug-likeness (QED) is 0.764. The highest BCUT2D eigenvalue weighted by molar-refractivity contribution is 5.82. The number of alkyl halides is 3. The Bertz CT molecular complexity index is 487. The summed E-state index contributed by atoms with van der Waals surface area (Å²) >= 11 is 0. The lowest BCUT2D eigenvalue weighted by Crippen LogP contribution is -2.05. The second-order valence-electron chi connectivity index (χ2n) is 3.15. The summed E-state index contributed by atoms with van der Waals surface area (Å²) in [7, 11) is 0. The standard InChI is InChI=1S/C9H8F3N3/c10-9(11,12)8-6-2-1-5(4-13)3-7(6)14-15-8/h1-3H,4,13H2,(H,14,15). The van der Waals surface area contributed by atoms with Crippen LogP contribution in [0.15, 0.2) is 18.2 Å². The molecule has 0 radical (unpaired) electrons. The van der Waals surface area contributed by atoms with Crippen molar-refractivity contribution in [2.24, 2.45) is 5.73 Å². The number of rotatable bonds is 1. The minimum atomic E-state index is -4.40. The molecular weight excluding hydrogens is 207 g/mol. The highest BCUT2D eigenvalue weighted by Crippen LogP contribution is 2.32. The van der Waals surface area contributed by atoms with E-state index in [1.165, 1.54) is 6.07 Å². The van der Waals surface area contributed by atoms with Gasteiger partial charge < -0.3 is 5.73 Å². The summed E-state index contributed by atoms with van der Waals surface area (Å²) in [5.74, 6) is 0. The van der Waals surface area contributed by atoms with Gasteiger partial charge in [-0.1, -0.05) is 12.1 Å². The average molecular weight is 215 g/mol. The fourth-order valence-electron chi connectivity index (χ4n) is 1.40. The molecule has 0 bridgehead atoms. The Balaban J connectivity index is 2.62. The molecule has 80 valence electrons. The topological polar surface area (TPSA) is 54.7 Å². The first-order chi connectivity index (χ1) is 7.02. The predicted molar refractivity (Wildman–Crippen MR) is 49.0 cm³/mol. The van der Waals surface area contributed by atoms with Gasteiger partial charge in [-0.3, -0.25) is 5.10 Å². The number of aromatic nitrogens is 2. The second-order valence-corrected chi connectivity index (χ2v) is 3.15. The third kappa shape index (κ3) is 1.68. The zero-order valence-corrected chi connectivity index (χ0v) is 7.60. The van der Waals surface area contributed by atoms with E-state index >= 15 is 0 Å². The highest BCUT2D eigenvalue weighted by Gasteiger charge is 2.34. The van der Waals surface area contributed by atoms with Crippen molar-refractivity contribution in [1.82, 2.24) is 10.2 Å². The lowest BCUT2D eigenvalue weighted by atomic mass is 10.1. The molecule has 0 amide bonds. The van der Waals surface area contributed by atoms with E-state index in [-0.39, 0.29) is 17.4 Å². The molecule has 6 heteroatoms. The number of aromatic amines is 1.